The summed E-state index contributed by atoms with van der Waals surface area (Å²) in [6.07, 6.45) is 2.09. The molecule has 3 aromatic heterocycles. The molecule has 1 aliphatic heterocycles. The van der Waals surface area contributed by atoms with Crippen LogP contribution in [0.25, 0.3) is 21.1 Å². The van der Waals surface area contributed by atoms with Gasteiger partial charge in [-0.2, -0.15) is 4.98 Å². The van der Waals surface area contributed by atoms with Gasteiger partial charge in [-0.3, -0.25) is 9.69 Å². The van der Waals surface area contributed by atoms with E-state index in [1.807, 2.05) is 23.5 Å². The van der Waals surface area contributed by atoms with E-state index in [1.165, 1.54) is 21.8 Å². The summed E-state index contributed by atoms with van der Waals surface area (Å²) < 4.78 is 7.16. The molecule has 0 unspecified atom stereocenters. The SMILES string of the molecule is O=c1ccc2ccc(OCCCCN3CCN(c4cccc5sccc45)CC3)nc2[nH]1. The number of H-pyrrole nitrogens is 1. The maximum absolute atomic E-state index is 11.4. The number of rotatable bonds is 7. The summed E-state index contributed by atoms with van der Waals surface area (Å²) in [5, 5.41) is 4.46. The minimum Gasteiger partial charge on any atom is -0.478 e. The summed E-state index contributed by atoms with van der Waals surface area (Å²) in [5.74, 6) is 0.561. The molecule has 4 aromatic rings. The van der Waals surface area contributed by atoms with Crippen molar-refractivity contribution in [1.82, 2.24) is 14.9 Å². The molecule has 1 saturated heterocycles. The van der Waals surface area contributed by atoms with Crippen LogP contribution in [0.15, 0.2) is 58.7 Å². The standard InChI is InChI=1S/C24H26N4O2S/c29-22-8-6-18-7-9-23(26-24(18)25-22)30-16-2-1-11-27-12-14-28(15-13-27)20-4-3-5-21-19(20)10-17-31-21/h3-10,17H,1-2,11-16H2,(H,25,26,29). The highest BCUT2D eigenvalue weighted by Gasteiger charge is 2.18. The van der Waals surface area contributed by atoms with E-state index >= 15 is 0 Å². The van der Waals surface area contributed by atoms with E-state index in [9.17, 15) is 4.79 Å². The monoisotopic (exact) mass is 434 g/mol. The van der Waals surface area contributed by atoms with Gasteiger partial charge in [0.15, 0.2) is 0 Å². The van der Waals surface area contributed by atoms with Gasteiger partial charge in [0, 0.05) is 59.5 Å². The number of hydrogen-bond acceptors (Lipinski definition) is 6. The second kappa shape index (κ2) is 9.08. The van der Waals surface area contributed by atoms with E-state index < -0.39 is 0 Å². The van der Waals surface area contributed by atoms with Crippen LogP contribution in [0, 0.1) is 0 Å². The topological polar surface area (TPSA) is 61.5 Å². The van der Waals surface area contributed by atoms with E-state index in [4.69, 9.17) is 4.74 Å². The van der Waals surface area contributed by atoms with Crippen LogP contribution in [-0.2, 0) is 0 Å². The summed E-state index contributed by atoms with van der Waals surface area (Å²) in [5.41, 5.74) is 1.79. The molecule has 0 saturated carbocycles. The lowest BCUT2D eigenvalue weighted by atomic mass is 10.2. The van der Waals surface area contributed by atoms with Gasteiger partial charge in [0.05, 0.1) is 6.61 Å². The molecule has 0 aliphatic carbocycles. The van der Waals surface area contributed by atoms with Gasteiger partial charge in [-0.25, -0.2) is 0 Å². The fourth-order valence-corrected chi connectivity index (χ4v) is 4.98. The first kappa shape index (κ1) is 20.0. The zero-order valence-electron chi connectivity index (χ0n) is 17.4. The highest BCUT2D eigenvalue weighted by atomic mass is 32.1. The van der Waals surface area contributed by atoms with Crippen LogP contribution in [0.3, 0.4) is 0 Å². The zero-order chi connectivity index (χ0) is 21.0. The van der Waals surface area contributed by atoms with Gasteiger partial charge < -0.3 is 14.6 Å². The summed E-state index contributed by atoms with van der Waals surface area (Å²) in [7, 11) is 0. The van der Waals surface area contributed by atoms with Crippen LogP contribution in [0.4, 0.5) is 5.69 Å². The van der Waals surface area contributed by atoms with Gasteiger partial charge in [-0.05, 0) is 55.1 Å². The highest BCUT2D eigenvalue weighted by molar-refractivity contribution is 7.17. The second-order valence-electron chi connectivity index (χ2n) is 7.90. The third kappa shape index (κ3) is 4.57. The predicted octanol–water partition coefficient (Wildman–Crippen LogP) is 4.12. The Bertz CT molecular complexity index is 1230. The van der Waals surface area contributed by atoms with Crippen LogP contribution in [0.1, 0.15) is 12.8 Å². The Labute approximate surface area is 185 Å². The van der Waals surface area contributed by atoms with Crippen molar-refractivity contribution in [3.63, 3.8) is 0 Å². The fourth-order valence-electron chi connectivity index (χ4n) is 4.17. The zero-order valence-corrected chi connectivity index (χ0v) is 18.2. The van der Waals surface area contributed by atoms with E-state index in [0.717, 1.165) is 51.0 Å². The number of fused-ring (bicyclic) bond motifs is 2. The number of aromatic nitrogens is 2. The van der Waals surface area contributed by atoms with Crippen molar-refractivity contribution in [2.75, 3.05) is 44.2 Å². The van der Waals surface area contributed by atoms with Crippen molar-refractivity contribution < 1.29 is 4.74 Å². The quantitative estimate of drug-likeness (QED) is 0.444. The molecule has 0 atom stereocenters. The van der Waals surface area contributed by atoms with Crippen molar-refractivity contribution in [2.24, 2.45) is 0 Å². The van der Waals surface area contributed by atoms with Crippen LogP contribution >= 0.6 is 11.3 Å². The molecule has 31 heavy (non-hydrogen) atoms. The Morgan fingerprint density at radius 1 is 1.00 bits per heavy atom. The fraction of sp³-hybridized carbons (Fsp3) is 0.333. The molecule has 1 aromatic carbocycles. The van der Waals surface area contributed by atoms with Gasteiger partial charge in [-0.15, -0.1) is 11.3 Å². The third-order valence-electron chi connectivity index (χ3n) is 5.86. The largest absolute Gasteiger partial charge is 0.478 e. The minimum absolute atomic E-state index is 0.149. The average molecular weight is 435 g/mol. The lowest BCUT2D eigenvalue weighted by Crippen LogP contribution is -2.46. The first-order valence-electron chi connectivity index (χ1n) is 10.8. The normalized spacial score (nSPS) is 15.0. The summed E-state index contributed by atoms with van der Waals surface area (Å²) in [6, 6.07) is 15.9. The van der Waals surface area contributed by atoms with E-state index in [2.05, 4.69) is 49.4 Å². The molecule has 0 amide bonds. The summed E-state index contributed by atoms with van der Waals surface area (Å²) in [4.78, 5) is 23.6. The van der Waals surface area contributed by atoms with E-state index in [1.54, 1.807) is 6.07 Å². The van der Waals surface area contributed by atoms with E-state index in [-0.39, 0.29) is 5.56 Å². The van der Waals surface area contributed by atoms with Gasteiger partial charge in [0.2, 0.25) is 11.4 Å². The van der Waals surface area contributed by atoms with Crippen molar-refractivity contribution in [3.05, 3.63) is 64.3 Å². The Kier molecular flexibility index (Phi) is 5.86. The minimum atomic E-state index is -0.149. The Hall–Kier alpha value is -2.90. The van der Waals surface area contributed by atoms with Crippen LogP contribution in [0.2, 0.25) is 0 Å². The number of benzene rings is 1. The summed E-state index contributed by atoms with van der Waals surface area (Å²) in [6.45, 7) is 6.07. The average Bonchev–Trinajstić information content (AvgIpc) is 3.28. The number of nitrogens with one attached hydrogen (secondary N) is 1. The molecule has 5 rings (SSSR count). The number of ether oxygens (including phenoxy) is 1. The second-order valence-corrected chi connectivity index (χ2v) is 8.85. The van der Waals surface area contributed by atoms with Crippen molar-refractivity contribution in [1.29, 1.82) is 0 Å². The number of aromatic amines is 1. The molecule has 1 aliphatic rings. The molecule has 6 nitrogen and oxygen atoms in total. The highest BCUT2D eigenvalue weighted by Crippen LogP contribution is 2.31. The Balaban J connectivity index is 1.05. The van der Waals surface area contributed by atoms with Gasteiger partial charge in [-0.1, -0.05) is 6.07 Å². The molecule has 1 fully saturated rings. The number of pyridine rings is 2. The number of piperazine rings is 1. The Morgan fingerprint density at radius 3 is 2.77 bits per heavy atom. The van der Waals surface area contributed by atoms with Gasteiger partial charge in [0.25, 0.3) is 0 Å². The Morgan fingerprint density at radius 2 is 1.87 bits per heavy atom. The van der Waals surface area contributed by atoms with Crippen LogP contribution in [-0.4, -0.2) is 54.2 Å². The van der Waals surface area contributed by atoms with E-state index in [0.29, 0.717) is 18.1 Å². The van der Waals surface area contributed by atoms with Gasteiger partial charge >= 0.3 is 0 Å². The molecule has 160 valence electrons. The maximum atomic E-state index is 11.4. The van der Waals surface area contributed by atoms with Crippen LogP contribution < -0.4 is 15.2 Å². The smallest absolute Gasteiger partial charge is 0.249 e. The predicted molar refractivity (Wildman–Crippen MR) is 128 cm³/mol. The first-order valence-corrected chi connectivity index (χ1v) is 11.7. The number of unbranched alkanes of at least 4 members (excludes halogenated alkanes) is 1. The lowest BCUT2D eigenvalue weighted by Gasteiger charge is -2.36. The molecule has 1 N–H and O–H groups in total. The van der Waals surface area contributed by atoms with Gasteiger partial charge in [0.1, 0.15) is 5.65 Å². The maximum Gasteiger partial charge on any atom is 0.249 e. The molecular weight excluding hydrogens is 408 g/mol. The van der Waals surface area contributed by atoms with Crippen molar-refractivity contribution in [3.8, 4) is 5.88 Å². The number of nitrogens with zero attached hydrogens (tertiary/aromatic N) is 3. The molecular formula is C24H26N4O2S. The first-order chi connectivity index (χ1) is 15.3. The lowest BCUT2D eigenvalue weighted by molar-refractivity contribution is 0.237. The molecule has 7 heteroatoms. The van der Waals surface area contributed by atoms with Crippen LogP contribution in [0.5, 0.6) is 5.88 Å². The molecule has 4 heterocycles. The summed E-state index contributed by atoms with van der Waals surface area (Å²) >= 11 is 1.81. The number of hydrogen-bond donors (Lipinski definition) is 1. The number of anilines is 1. The molecule has 0 spiro atoms. The molecule has 0 bridgehead atoms. The molecule has 0 radical (unpaired) electrons. The van der Waals surface area contributed by atoms with Crippen molar-refractivity contribution in [2.45, 2.75) is 12.8 Å². The number of thiophene rings is 1. The van der Waals surface area contributed by atoms with Crippen molar-refractivity contribution >= 4 is 38.1 Å². The third-order valence-corrected chi connectivity index (χ3v) is 6.74.